The van der Waals surface area contributed by atoms with Crippen LogP contribution in [0.4, 0.5) is 11.5 Å². The highest BCUT2D eigenvalue weighted by Crippen LogP contribution is 2.26. The maximum Gasteiger partial charge on any atom is 0.269 e. The van der Waals surface area contributed by atoms with E-state index in [0.717, 1.165) is 24.3 Å². The van der Waals surface area contributed by atoms with Crippen LogP contribution in [-0.4, -0.2) is 18.3 Å². The molecule has 0 atom stereocenters. The molecule has 0 fully saturated rings. The van der Waals surface area contributed by atoms with Crippen molar-refractivity contribution in [3.8, 4) is 0 Å². The Morgan fingerprint density at radius 2 is 1.79 bits per heavy atom. The standard InChI is InChI=1S/C11H8N3O4S/c15-14(16)9-4-6-10(7-5-9)19(17,18)13-11-3-1-2-8-12-11/h1-8H/q-1. The molecule has 0 bridgehead atoms. The van der Waals surface area contributed by atoms with Crippen LogP contribution in [0.3, 0.4) is 0 Å². The zero-order chi connectivity index (χ0) is 13.9. The fourth-order valence-electron chi connectivity index (χ4n) is 1.32. The molecule has 0 spiro atoms. The first kappa shape index (κ1) is 13.0. The van der Waals surface area contributed by atoms with Gasteiger partial charge in [0.25, 0.3) is 5.69 Å². The van der Waals surface area contributed by atoms with Crippen molar-refractivity contribution in [2.75, 3.05) is 0 Å². The monoisotopic (exact) mass is 278 g/mol. The molecule has 2 rings (SSSR count). The Balaban J connectivity index is 2.27. The summed E-state index contributed by atoms with van der Waals surface area (Å²) in [5.74, 6) is 0.0563. The zero-order valence-corrected chi connectivity index (χ0v) is 10.3. The third-order valence-corrected chi connectivity index (χ3v) is 3.50. The number of nitrogens with zero attached hydrogens (tertiary/aromatic N) is 3. The average Bonchev–Trinajstić information content (AvgIpc) is 2.39. The van der Waals surface area contributed by atoms with Crippen LogP contribution < -0.4 is 0 Å². The Morgan fingerprint density at radius 3 is 2.32 bits per heavy atom. The highest BCUT2D eigenvalue weighted by atomic mass is 32.2. The van der Waals surface area contributed by atoms with Gasteiger partial charge in [-0.3, -0.25) is 10.1 Å². The molecule has 98 valence electrons. The predicted octanol–water partition coefficient (Wildman–Crippen LogP) is 2.38. The van der Waals surface area contributed by atoms with E-state index in [0.29, 0.717) is 0 Å². The van der Waals surface area contributed by atoms with Crippen molar-refractivity contribution >= 4 is 21.5 Å². The summed E-state index contributed by atoms with van der Waals surface area (Å²) in [6.45, 7) is 0. The van der Waals surface area contributed by atoms with E-state index in [9.17, 15) is 18.5 Å². The molecule has 7 nitrogen and oxygen atoms in total. The Labute approximate surface area is 109 Å². The van der Waals surface area contributed by atoms with Crippen molar-refractivity contribution in [3.63, 3.8) is 0 Å². The van der Waals surface area contributed by atoms with Crippen molar-refractivity contribution in [2.45, 2.75) is 4.90 Å². The molecule has 0 saturated carbocycles. The lowest BCUT2D eigenvalue weighted by Gasteiger charge is -2.14. The summed E-state index contributed by atoms with van der Waals surface area (Å²) in [5.41, 5.74) is -0.184. The van der Waals surface area contributed by atoms with Gasteiger partial charge in [-0.25, -0.2) is 8.42 Å². The van der Waals surface area contributed by atoms with Gasteiger partial charge in [0.1, 0.15) is 0 Å². The van der Waals surface area contributed by atoms with E-state index in [2.05, 4.69) is 9.71 Å². The summed E-state index contributed by atoms with van der Waals surface area (Å²) in [4.78, 5) is 13.5. The number of hydrogen-bond donors (Lipinski definition) is 0. The van der Waals surface area contributed by atoms with Gasteiger partial charge in [-0.2, -0.15) is 0 Å². The molecule has 19 heavy (non-hydrogen) atoms. The van der Waals surface area contributed by atoms with Crippen LogP contribution in [0.5, 0.6) is 0 Å². The number of hydrogen-bond acceptors (Lipinski definition) is 5. The minimum atomic E-state index is -3.92. The Hall–Kier alpha value is -2.48. The highest BCUT2D eigenvalue weighted by Gasteiger charge is 2.12. The summed E-state index contributed by atoms with van der Waals surface area (Å²) in [7, 11) is -3.92. The predicted molar refractivity (Wildman–Crippen MR) is 67.5 cm³/mol. The van der Waals surface area contributed by atoms with Gasteiger partial charge in [-0.05, 0) is 18.0 Å². The van der Waals surface area contributed by atoms with Gasteiger partial charge in [0.15, 0.2) is 0 Å². The van der Waals surface area contributed by atoms with Crippen molar-refractivity contribution < 1.29 is 13.3 Å². The second-order valence-corrected chi connectivity index (χ2v) is 5.11. The number of pyridine rings is 1. The fourth-order valence-corrected chi connectivity index (χ4v) is 2.26. The van der Waals surface area contributed by atoms with Crippen LogP contribution in [-0.2, 0) is 10.0 Å². The summed E-state index contributed by atoms with van der Waals surface area (Å²) < 4.78 is 27.3. The average molecular weight is 278 g/mol. The summed E-state index contributed by atoms with van der Waals surface area (Å²) >= 11 is 0. The normalized spacial score (nSPS) is 10.9. The zero-order valence-electron chi connectivity index (χ0n) is 9.50. The van der Waals surface area contributed by atoms with Crippen LogP contribution in [0.2, 0.25) is 0 Å². The minimum Gasteiger partial charge on any atom is -0.442 e. The van der Waals surface area contributed by atoms with Crippen LogP contribution in [0.25, 0.3) is 4.72 Å². The van der Waals surface area contributed by atoms with E-state index in [1.807, 2.05) is 0 Å². The van der Waals surface area contributed by atoms with Gasteiger partial charge in [0.2, 0.25) is 10.0 Å². The molecule has 0 aliphatic heterocycles. The molecule has 8 heteroatoms. The number of non-ortho nitro benzene ring substituents is 1. The molecule has 1 aromatic carbocycles. The quantitative estimate of drug-likeness (QED) is 0.630. The van der Waals surface area contributed by atoms with Crippen LogP contribution >= 0.6 is 0 Å². The molecule has 1 heterocycles. The summed E-state index contributed by atoms with van der Waals surface area (Å²) in [6.07, 6.45) is 1.42. The second kappa shape index (κ2) is 5.02. The topological polar surface area (TPSA) is 104 Å². The number of rotatable bonds is 4. The Kier molecular flexibility index (Phi) is 3.43. The first-order chi connectivity index (χ1) is 8.99. The summed E-state index contributed by atoms with van der Waals surface area (Å²) in [6, 6.07) is 9.19. The van der Waals surface area contributed by atoms with Gasteiger partial charge in [0, 0.05) is 12.1 Å². The lowest BCUT2D eigenvalue weighted by atomic mass is 10.3. The molecule has 0 aliphatic carbocycles. The number of nitro groups is 1. The first-order valence-electron chi connectivity index (χ1n) is 5.12. The lowest BCUT2D eigenvalue weighted by Crippen LogP contribution is -1.98. The molecular formula is C11H8N3O4S-. The SMILES string of the molecule is O=[N+]([O-])c1ccc(S(=O)(=O)[N-]c2ccccn2)cc1. The molecular weight excluding hydrogens is 270 g/mol. The fraction of sp³-hybridized carbons (Fsp3) is 0. The number of nitro benzene ring substituents is 1. The first-order valence-corrected chi connectivity index (χ1v) is 6.56. The molecule has 0 aliphatic rings. The Morgan fingerprint density at radius 1 is 1.11 bits per heavy atom. The van der Waals surface area contributed by atoms with E-state index in [4.69, 9.17) is 0 Å². The van der Waals surface area contributed by atoms with Gasteiger partial charge >= 0.3 is 0 Å². The largest absolute Gasteiger partial charge is 0.442 e. The van der Waals surface area contributed by atoms with Gasteiger partial charge in [0.05, 0.1) is 9.82 Å². The smallest absolute Gasteiger partial charge is 0.269 e. The third kappa shape index (κ3) is 3.05. The molecule has 0 unspecified atom stereocenters. The van der Waals surface area contributed by atoms with E-state index in [1.165, 1.54) is 12.3 Å². The van der Waals surface area contributed by atoms with E-state index >= 15 is 0 Å². The van der Waals surface area contributed by atoms with E-state index < -0.39 is 14.9 Å². The van der Waals surface area contributed by atoms with Crippen LogP contribution in [0.1, 0.15) is 0 Å². The maximum absolute atomic E-state index is 11.9. The Bertz CT molecular complexity index is 684. The number of benzene rings is 1. The van der Waals surface area contributed by atoms with Crippen molar-refractivity contribution in [2.24, 2.45) is 0 Å². The number of aromatic nitrogens is 1. The van der Waals surface area contributed by atoms with E-state index in [-0.39, 0.29) is 16.4 Å². The van der Waals surface area contributed by atoms with Gasteiger partial charge in [-0.15, -0.1) is 0 Å². The van der Waals surface area contributed by atoms with Gasteiger partial charge in [-0.1, -0.05) is 24.4 Å². The lowest BCUT2D eigenvalue weighted by molar-refractivity contribution is -0.384. The second-order valence-electron chi connectivity index (χ2n) is 3.51. The molecule has 1 aromatic heterocycles. The van der Waals surface area contributed by atoms with E-state index in [1.54, 1.807) is 12.1 Å². The van der Waals surface area contributed by atoms with Crippen LogP contribution in [0.15, 0.2) is 53.6 Å². The molecule has 2 aromatic rings. The molecule has 0 amide bonds. The highest BCUT2D eigenvalue weighted by molar-refractivity contribution is 7.94. The molecule has 0 N–H and O–H groups in total. The minimum absolute atomic E-state index is 0.0563. The van der Waals surface area contributed by atoms with Crippen molar-refractivity contribution in [1.82, 2.24) is 4.98 Å². The van der Waals surface area contributed by atoms with Crippen molar-refractivity contribution in [1.29, 1.82) is 0 Å². The summed E-state index contributed by atoms with van der Waals surface area (Å²) in [5, 5.41) is 10.5. The number of sulfonamides is 1. The molecule has 0 radical (unpaired) electrons. The third-order valence-electron chi connectivity index (χ3n) is 2.21. The van der Waals surface area contributed by atoms with Crippen molar-refractivity contribution in [3.05, 3.63) is 63.5 Å². The van der Waals surface area contributed by atoms with Crippen LogP contribution in [0, 0.1) is 10.1 Å². The molecule has 0 saturated heterocycles. The maximum atomic E-state index is 11.9. The van der Waals surface area contributed by atoms with Gasteiger partial charge < -0.3 is 9.71 Å².